The monoisotopic (exact) mass is 538 g/mol. The maximum absolute atomic E-state index is 13.0. The summed E-state index contributed by atoms with van der Waals surface area (Å²) < 4.78 is 10.6. The molecule has 0 aliphatic carbocycles. The Morgan fingerprint density at radius 1 is 1.00 bits per heavy atom. The van der Waals surface area contributed by atoms with Gasteiger partial charge < -0.3 is 24.6 Å². The third-order valence-corrected chi connectivity index (χ3v) is 6.40. The van der Waals surface area contributed by atoms with Crippen molar-refractivity contribution in [2.24, 2.45) is 0 Å². The average molecular weight is 539 g/mol. The zero-order valence-electron chi connectivity index (χ0n) is 21.0. The number of amides is 2. The van der Waals surface area contributed by atoms with Gasteiger partial charge in [-0.2, -0.15) is 0 Å². The number of rotatable bonds is 8. The van der Waals surface area contributed by atoms with Gasteiger partial charge in [-0.05, 0) is 61.5 Å². The molecule has 11 heteroatoms. The third kappa shape index (κ3) is 5.97. The van der Waals surface area contributed by atoms with Crippen molar-refractivity contribution in [1.29, 1.82) is 0 Å². The fraction of sp³-hybridized carbons (Fsp3) is 0.259. The van der Waals surface area contributed by atoms with Gasteiger partial charge in [0, 0.05) is 54.2 Å². The number of halogens is 1. The molecule has 2 amide bonds. The fourth-order valence-corrected chi connectivity index (χ4v) is 4.40. The number of ether oxygens (including phenoxy) is 2. The summed E-state index contributed by atoms with van der Waals surface area (Å²) in [6.07, 6.45) is 0. The number of benzene rings is 3. The second-order valence-electron chi connectivity index (χ2n) is 8.50. The molecule has 0 atom stereocenters. The predicted molar refractivity (Wildman–Crippen MR) is 145 cm³/mol. The van der Waals surface area contributed by atoms with E-state index in [1.165, 1.54) is 25.3 Å². The molecule has 0 saturated carbocycles. The van der Waals surface area contributed by atoms with Crippen molar-refractivity contribution in [1.82, 2.24) is 4.90 Å². The number of nitro groups is 1. The van der Waals surface area contributed by atoms with Gasteiger partial charge >= 0.3 is 5.69 Å². The van der Waals surface area contributed by atoms with Crippen molar-refractivity contribution < 1.29 is 24.0 Å². The van der Waals surface area contributed by atoms with Crippen molar-refractivity contribution in [2.75, 3.05) is 50.1 Å². The summed E-state index contributed by atoms with van der Waals surface area (Å²) in [6.45, 7) is 4.34. The van der Waals surface area contributed by atoms with Gasteiger partial charge in [-0.1, -0.05) is 11.6 Å². The van der Waals surface area contributed by atoms with Gasteiger partial charge in [0.15, 0.2) is 5.75 Å². The van der Waals surface area contributed by atoms with Crippen molar-refractivity contribution in [2.45, 2.75) is 6.92 Å². The number of nitrogens with zero attached hydrogens (tertiary/aromatic N) is 3. The average Bonchev–Trinajstić information content (AvgIpc) is 2.93. The summed E-state index contributed by atoms with van der Waals surface area (Å²) in [7, 11) is 1.52. The van der Waals surface area contributed by atoms with Gasteiger partial charge in [0.1, 0.15) is 5.75 Å². The summed E-state index contributed by atoms with van der Waals surface area (Å²) >= 11 is 6.08. The number of hydrogen-bond donors (Lipinski definition) is 1. The van der Waals surface area contributed by atoms with E-state index >= 15 is 0 Å². The first-order valence-corrected chi connectivity index (χ1v) is 12.4. The minimum absolute atomic E-state index is 0.118. The van der Waals surface area contributed by atoms with E-state index in [-0.39, 0.29) is 29.5 Å². The van der Waals surface area contributed by atoms with Gasteiger partial charge in [-0.25, -0.2) is 0 Å². The van der Waals surface area contributed by atoms with Crippen LogP contribution in [0, 0.1) is 10.1 Å². The number of methoxy groups -OCH3 is 1. The Hall–Kier alpha value is -4.31. The Bertz CT molecular complexity index is 1340. The highest BCUT2D eigenvalue weighted by Gasteiger charge is 2.25. The molecule has 1 heterocycles. The number of nitro benzene ring substituents is 1. The van der Waals surface area contributed by atoms with Crippen LogP contribution < -0.4 is 19.7 Å². The van der Waals surface area contributed by atoms with Crippen molar-refractivity contribution >= 4 is 40.5 Å². The molecule has 1 fully saturated rings. The summed E-state index contributed by atoms with van der Waals surface area (Å²) in [5.41, 5.74) is 1.83. The van der Waals surface area contributed by atoms with Crippen molar-refractivity contribution in [3.63, 3.8) is 0 Å². The summed E-state index contributed by atoms with van der Waals surface area (Å²) in [4.78, 5) is 40.4. The molecule has 0 aromatic heterocycles. The lowest BCUT2D eigenvalue weighted by Gasteiger charge is -2.36. The number of carbonyl (C=O) groups excluding carboxylic acids is 2. The van der Waals surface area contributed by atoms with Gasteiger partial charge in [-0.3, -0.25) is 19.7 Å². The van der Waals surface area contributed by atoms with Gasteiger partial charge in [0.2, 0.25) is 0 Å². The second-order valence-corrected chi connectivity index (χ2v) is 8.93. The number of piperazine rings is 1. The summed E-state index contributed by atoms with van der Waals surface area (Å²) in [5.74, 6) is 0.00951. The van der Waals surface area contributed by atoms with Gasteiger partial charge in [0.05, 0.1) is 24.2 Å². The molecule has 1 saturated heterocycles. The lowest BCUT2D eigenvalue weighted by atomic mass is 10.1. The molecule has 10 nitrogen and oxygen atoms in total. The maximum Gasteiger partial charge on any atom is 0.311 e. The van der Waals surface area contributed by atoms with E-state index in [4.69, 9.17) is 21.1 Å². The largest absolute Gasteiger partial charge is 0.496 e. The second kappa shape index (κ2) is 11.8. The van der Waals surface area contributed by atoms with Gasteiger partial charge in [-0.15, -0.1) is 0 Å². The quantitative estimate of drug-likeness (QED) is 0.321. The zero-order valence-corrected chi connectivity index (χ0v) is 21.7. The summed E-state index contributed by atoms with van der Waals surface area (Å²) in [5, 5.41) is 14.6. The Kier molecular flexibility index (Phi) is 8.32. The van der Waals surface area contributed by atoms with Crippen LogP contribution in [-0.2, 0) is 0 Å². The van der Waals surface area contributed by atoms with E-state index < -0.39 is 10.8 Å². The van der Waals surface area contributed by atoms with Crippen LogP contribution in [0.25, 0.3) is 0 Å². The summed E-state index contributed by atoms with van der Waals surface area (Å²) in [6, 6.07) is 16.4. The minimum Gasteiger partial charge on any atom is -0.496 e. The molecule has 1 N–H and O–H groups in total. The highest BCUT2D eigenvalue weighted by molar-refractivity contribution is 6.31. The lowest BCUT2D eigenvalue weighted by Crippen LogP contribution is -2.48. The zero-order chi connectivity index (χ0) is 27.2. The van der Waals surface area contributed by atoms with Crippen LogP contribution in [-0.4, -0.2) is 61.5 Å². The Morgan fingerprint density at radius 3 is 2.32 bits per heavy atom. The fourth-order valence-electron chi connectivity index (χ4n) is 4.22. The van der Waals surface area contributed by atoms with E-state index in [0.717, 1.165) is 5.69 Å². The molecule has 1 aliphatic rings. The predicted octanol–water partition coefficient (Wildman–Crippen LogP) is 4.87. The Labute approximate surface area is 224 Å². The van der Waals surface area contributed by atoms with E-state index in [9.17, 15) is 19.7 Å². The van der Waals surface area contributed by atoms with Crippen LogP contribution >= 0.6 is 11.6 Å². The number of hydrogen-bond acceptors (Lipinski definition) is 7. The molecular formula is C27H27ClN4O6. The highest BCUT2D eigenvalue weighted by atomic mass is 35.5. The smallest absolute Gasteiger partial charge is 0.311 e. The van der Waals surface area contributed by atoms with Crippen LogP contribution in [0.1, 0.15) is 27.6 Å². The molecule has 0 radical (unpaired) electrons. The molecule has 1 aliphatic heterocycles. The van der Waals surface area contributed by atoms with Crippen LogP contribution in [0.5, 0.6) is 11.5 Å². The number of nitrogens with one attached hydrogen (secondary N) is 1. The first kappa shape index (κ1) is 26.7. The minimum atomic E-state index is -0.574. The van der Waals surface area contributed by atoms with Gasteiger partial charge in [0.25, 0.3) is 11.8 Å². The molecule has 0 bridgehead atoms. The third-order valence-electron chi connectivity index (χ3n) is 6.17. The molecule has 198 valence electrons. The SMILES string of the molecule is CCOc1ccc(C(=O)Nc2ccc(N3CCN(C(=O)c4cc(Cl)ccc4OC)CC3)cc2)cc1[N+](=O)[O-]. The van der Waals surface area contributed by atoms with E-state index in [2.05, 4.69) is 10.2 Å². The number of carbonyl (C=O) groups is 2. The van der Waals surface area contributed by atoms with E-state index in [1.807, 2.05) is 12.1 Å². The molecule has 0 spiro atoms. The Balaban J connectivity index is 1.37. The molecule has 3 aromatic carbocycles. The van der Waals surface area contributed by atoms with Crippen molar-refractivity contribution in [3.8, 4) is 11.5 Å². The molecule has 4 rings (SSSR count). The lowest BCUT2D eigenvalue weighted by molar-refractivity contribution is -0.385. The maximum atomic E-state index is 13.0. The van der Waals surface area contributed by atoms with E-state index in [0.29, 0.717) is 48.2 Å². The highest BCUT2D eigenvalue weighted by Crippen LogP contribution is 2.29. The van der Waals surface area contributed by atoms with Crippen molar-refractivity contribution in [3.05, 3.63) is 86.9 Å². The normalized spacial score (nSPS) is 13.1. The van der Waals surface area contributed by atoms with Crippen LogP contribution in [0.2, 0.25) is 5.02 Å². The molecule has 3 aromatic rings. The molecular weight excluding hydrogens is 512 g/mol. The molecule has 38 heavy (non-hydrogen) atoms. The topological polar surface area (TPSA) is 114 Å². The van der Waals surface area contributed by atoms with Crippen LogP contribution in [0.3, 0.4) is 0 Å². The van der Waals surface area contributed by atoms with E-state index in [1.54, 1.807) is 42.2 Å². The Morgan fingerprint density at radius 2 is 1.68 bits per heavy atom. The first-order valence-electron chi connectivity index (χ1n) is 12.0. The van der Waals surface area contributed by atoms with Crippen LogP contribution in [0.4, 0.5) is 17.1 Å². The standard InChI is InChI=1S/C27H27ClN4O6/c1-3-38-25-10-4-18(16-23(25)32(35)36)26(33)29-20-6-8-21(9-7-20)30-12-14-31(15-13-30)27(34)22-17-19(28)5-11-24(22)37-2/h4-11,16-17H,3,12-15H2,1-2H3,(H,29,33). The number of anilines is 2. The van der Waals surface area contributed by atoms with Crippen LogP contribution in [0.15, 0.2) is 60.7 Å². The first-order chi connectivity index (χ1) is 18.3. The molecule has 0 unspecified atom stereocenters.